The highest BCUT2D eigenvalue weighted by Crippen LogP contribution is 2.27. The molecule has 1 aromatic rings. The second-order valence-corrected chi connectivity index (χ2v) is 5.69. The Kier molecular flexibility index (Phi) is 3.71. The molecule has 0 aliphatic heterocycles. The molecule has 0 aromatic carbocycles. The van der Waals surface area contributed by atoms with E-state index in [2.05, 4.69) is 6.07 Å². The normalized spacial score (nSPS) is 12.9. The highest BCUT2D eigenvalue weighted by molar-refractivity contribution is 7.10. The van der Waals surface area contributed by atoms with Gasteiger partial charge in [-0.3, -0.25) is 4.79 Å². The largest absolute Gasteiger partial charge is 0.325 e. The second kappa shape index (κ2) is 4.67. The number of hydrogen-bond acceptors (Lipinski definition) is 3. The molecule has 16 heavy (non-hydrogen) atoms. The molecule has 1 amide bonds. The van der Waals surface area contributed by atoms with Crippen LogP contribution in [0.1, 0.15) is 31.7 Å². The molecule has 0 saturated carbocycles. The summed E-state index contributed by atoms with van der Waals surface area (Å²) >= 11 is 1.50. The fourth-order valence-corrected chi connectivity index (χ4v) is 2.25. The Morgan fingerprint density at radius 2 is 2.19 bits per heavy atom. The van der Waals surface area contributed by atoms with Crippen LogP contribution in [0.5, 0.6) is 0 Å². The molecule has 0 fully saturated rings. The summed E-state index contributed by atoms with van der Waals surface area (Å²) in [5, 5.41) is 11.1. The van der Waals surface area contributed by atoms with Crippen LogP contribution >= 0.6 is 11.3 Å². The minimum atomic E-state index is -0.480. The zero-order chi connectivity index (χ0) is 12.3. The third kappa shape index (κ3) is 2.61. The van der Waals surface area contributed by atoms with Gasteiger partial charge in [-0.1, -0.05) is 26.8 Å². The van der Waals surface area contributed by atoms with E-state index in [-0.39, 0.29) is 5.91 Å². The number of nitriles is 1. The van der Waals surface area contributed by atoms with Crippen LogP contribution in [0.25, 0.3) is 0 Å². The lowest BCUT2D eigenvalue weighted by Crippen LogP contribution is -2.38. The minimum absolute atomic E-state index is 0.0209. The van der Waals surface area contributed by atoms with Crippen molar-refractivity contribution in [1.82, 2.24) is 4.90 Å². The lowest BCUT2D eigenvalue weighted by molar-refractivity contribution is -0.139. The summed E-state index contributed by atoms with van der Waals surface area (Å²) in [6.45, 7) is 5.57. The van der Waals surface area contributed by atoms with Gasteiger partial charge in [-0.25, -0.2) is 0 Å². The molecule has 1 atom stereocenters. The van der Waals surface area contributed by atoms with Crippen molar-refractivity contribution in [3.8, 4) is 6.07 Å². The van der Waals surface area contributed by atoms with Crippen molar-refractivity contribution in [3.05, 3.63) is 22.4 Å². The van der Waals surface area contributed by atoms with Gasteiger partial charge < -0.3 is 4.90 Å². The number of nitrogens with zero attached hydrogens (tertiary/aromatic N) is 2. The number of rotatable bonds is 2. The number of carbonyl (C=O) groups is 1. The molecular weight excluding hydrogens is 220 g/mol. The SMILES string of the molecule is CN(C(=O)C(C)(C)C)C(C#N)c1cccs1. The minimum Gasteiger partial charge on any atom is -0.325 e. The van der Waals surface area contributed by atoms with Crippen LogP contribution in [0.4, 0.5) is 0 Å². The Labute approximate surface area is 100 Å². The molecule has 0 N–H and O–H groups in total. The predicted octanol–water partition coefficient (Wildman–Crippen LogP) is 2.82. The van der Waals surface area contributed by atoms with Crippen LogP contribution in [0.15, 0.2) is 17.5 Å². The number of amides is 1. The van der Waals surface area contributed by atoms with E-state index in [0.717, 1.165) is 4.88 Å². The van der Waals surface area contributed by atoms with Gasteiger partial charge in [0, 0.05) is 17.3 Å². The Hall–Kier alpha value is -1.34. The van der Waals surface area contributed by atoms with Crippen molar-refractivity contribution in [2.75, 3.05) is 7.05 Å². The molecule has 1 aromatic heterocycles. The van der Waals surface area contributed by atoms with Crippen molar-refractivity contribution >= 4 is 17.2 Å². The van der Waals surface area contributed by atoms with Gasteiger partial charge in [0.1, 0.15) is 0 Å². The van der Waals surface area contributed by atoms with Gasteiger partial charge in [0.25, 0.3) is 0 Å². The maximum atomic E-state index is 12.0. The van der Waals surface area contributed by atoms with Gasteiger partial charge >= 0.3 is 0 Å². The predicted molar refractivity (Wildman–Crippen MR) is 64.9 cm³/mol. The van der Waals surface area contributed by atoms with Crippen LogP contribution in [-0.4, -0.2) is 17.9 Å². The van der Waals surface area contributed by atoms with E-state index in [0.29, 0.717) is 0 Å². The zero-order valence-electron chi connectivity index (χ0n) is 10.0. The fraction of sp³-hybridized carbons (Fsp3) is 0.500. The van der Waals surface area contributed by atoms with Crippen LogP contribution in [0, 0.1) is 16.7 Å². The number of carbonyl (C=O) groups excluding carboxylic acids is 1. The monoisotopic (exact) mass is 236 g/mol. The second-order valence-electron chi connectivity index (χ2n) is 4.71. The van der Waals surface area contributed by atoms with Gasteiger partial charge in [0.15, 0.2) is 6.04 Å². The average Bonchev–Trinajstić information content (AvgIpc) is 2.69. The molecule has 0 saturated heterocycles. The lowest BCUT2D eigenvalue weighted by atomic mass is 9.94. The number of hydrogen-bond donors (Lipinski definition) is 0. The lowest BCUT2D eigenvalue weighted by Gasteiger charge is -2.28. The van der Waals surface area contributed by atoms with Crippen LogP contribution in [-0.2, 0) is 4.79 Å². The molecule has 3 nitrogen and oxygen atoms in total. The van der Waals surface area contributed by atoms with Gasteiger partial charge in [0.05, 0.1) is 6.07 Å². The van der Waals surface area contributed by atoms with Crippen molar-refractivity contribution in [3.63, 3.8) is 0 Å². The first-order chi connectivity index (χ1) is 7.38. The summed E-state index contributed by atoms with van der Waals surface area (Å²) in [4.78, 5) is 14.5. The van der Waals surface area contributed by atoms with Gasteiger partial charge in [-0.15, -0.1) is 11.3 Å². The summed E-state index contributed by atoms with van der Waals surface area (Å²) in [6.07, 6.45) is 0. The summed E-state index contributed by atoms with van der Waals surface area (Å²) in [5.74, 6) is -0.0209. The Morgan fingerprint density at radius 1 is 1.56 bits per heavy atom. The molecule has 0 spiro atoms. The van der Waals surface area contributed by atoms with Crippen molar-refractivity contribution in [2.24, 2.45) is 5.41 Å². The Morgan fingerprint density at radius 3 is 2.56 bits per heavy atom. The molecule has 1 unspecified atom stereocenters. The molecule has 0 bridgehead atoms. The smallest absolute Gasteiger partial charge is 0.229 e. The first-order valence-electron chi connectivity index (χ1n) is 5.08. The molecule has 86 valence electrons. The maximum absolute atomic E-state index is 12.0. The van der Waals surface area contributed by atoms with Crippen LogP contribution in [0.2, 0.25) is 0 Å². The highest BCUT2D eigenvalue weighted by atomic mass is 32.1. The van der Waals surface area contributed by atoms with E-state index in [1.54, 1.807) is 7.05 Å². The van der Waals surface area contributed by atoms with Gasteiger partial charge in [0.2, 0.25) is 5.91 Å². The Balaban J connectivity index is 2.92. The summed E-state index contributed by atoms with van der Waals surface area (Å²) in [7, 11) is 1.68. The maximum Gasteiger partial charge on any atom is 0.229 e. The van der Waals surface area contributed by atoms with Gasteiger partial charge in [-0.2, -0.15) is 5.26 Å². The van der Waals surface area contributed by atoms with E-state index in [1.807, 2.05) is 38.3 Å². The molecule has 4 heteroatoms. The van der Waals surface area contributed by atoms with E-state index in [1.165, 1.54) is 16.2 Å². The van der Waals surface area contributed by atoms with E-state index >= 15 is 0 Å². The third-order valence-electron chi connectivity index (χ3n) is 2.28. The average molecular weight is 236 g/mol. The van der Waals surface area contributed by atoms with Crippen molar-refractivity contribution in [2.45, 2.75) is 26.8 Å². The Bertz CT molecular complexity index is 398. The quantitative estimate of drug-likeness (QED) is 0.792. The highest BCUT2D eigenvalue weighted by Gasteiger charge is 2.30. The molecule has 0 aliphatic rings. The first kappa shape index (κ1) is 12.7. The summed E-state index contributed by atoms with van der Waals surface area (Å²) in [5.41, 5.74) is -0.457. The topological polar surface area (TPSA) is 44.1 Å². The molecule has 1 rings (SSSR count). The molecule has 1 heterocycles. The third-order valence-corrected chi connectivity index (χ3v) is 3.21. The van der Waals surface area contributed by atoms with E-state index < -0.39 is 11.5 Å². The fourth-order valence-electron chi connectivity index (χ4n) is 1.43. The van der Waals surface area contributed by atoms with Crippen molar-refractivity contribution < 1.29 is 4.79 Å². The van der Waals surface area contributed by atoms with E-state index in [4.69, 9.17) is 5.26 Å². The van der Waals surface area contributed by atoms with Crippen LogP contribution in [0.3, 0.4) is 0 Å². The number of thiophene rings is 1. The molecule has 0 radical (unpaired) electrons. The molecular formula is C12H16N2OS. The van der Waals surface area contributed by atoms with Crippen molar-refractivity contribution in [1.29, 1.82) is 5.26 Å². The van der Waals surface area contributed by atoms with Crippen LogP contribution < -0.4 is 0 Å². The standard InChI is InChI=1S/C12H16N2OS/c1-12(2,3)11(15)14(4)9(8-13)10-6-5-7-16-10/h5-7,9H,1-4H3. The van der Waals surface area contributed by atoms with Gasteiger partial charge in [-0.05, 0) is 11.4 Å². The van der Waals surface area contributed by atoms with E-state index in [9.17, 15) is 4.79 Å². The zero-order valence-corrected chi connectivity index (χ0v) is 10.8. The molecule has 0 aliphatic carbocycles. The summed E-state index contributed by atoms with van der Waals surface area (Å²) in [6, 6.07) is 5.46. The first-order valence-corrected chi connectivity index (χ1v) is 5.96. The summed E-state index contributed by atoms with van der Waals surface area (Å²) < 4.78 is 0.